The molecular formula is C15H17F3N2O3. The normalized spacial score (nSPS) is 21.1. The molecule has 8 heteroatoms. The zero-order valence-corrected chi connectivity index (χ0v) is 12.4. The molecule has 0 unspecified atom stereocenters. The predicted molar refractivity (Wildman–Crippen MR) is 76.0 cm³/mol. The first-order valence-electron chi connectivity index (χ1n) is 7.10. The number of phenols is 1. The largest absolute Gasteiger partial charge is 0.508 e. The first kappa shape index (κ1) is 17.1. The maximum atomic E-state index is 13.3. The summed E-state index contributed by atoms with van der Waals surface area (Å²) in [6.45, 7) is 1.88. The Hall–Kier alpha value is -2.22. The Morgan fingerprint density at radius 2 is 1.91 bits per heavy atom. The van der Waals surface area contributed by atoms with Gasteiger partial charge < -0.3 is 10.2 Å². The smallest absolute Gasteiger partial charge is 0.442 e. The van der Waals surface area contributed by atoms with Crippen LogP contribution in [0.2, 0.25) is 0 Å². The molecule has 1 amide bonds. The number of hydrazine groups is 1. The van der Waals surface area contributed by atoms with Crippen LogP contribution >= 0.6 is 0 Å². The lowest BCUT2D eigenvalue weighted by Gasteiger charge is -2.33. The molecule has 2 rings (SSSR count). The third-order valence-electron chi connectivity index (χ3n) is 3.51. The number of unbranched alkanes of at least 4 members (excludes halogenated alkanes) is 1. The van der Waals surface area contributed by atoms with E-state index in [2.05, 4.69) is 5.43 Å². The molecule has 0 spiro atoms. The molecule has 1 aliphatic heterocycles. The summed E-state index contributed by atoms with van der Waals surface area (Å²) < 4.78 is 39.8. The summed E-state index contributed by atoms with van der Waals surface area (Å²) in [6, 6.07) is 4.73. The minimum Gasteiger partial charge on any atom is -0.508 e. The van der Waals surface area contributed by atoms with Crippen LogP contribution in [-0.2, 0) is 0 Å². The Balaban J connectivity index is 2.32. The van der Waals surface area contributed by atoms with Crippen molar-refractivity contribution in [2.24, 2.45) is 0 Å². The Kier molecular flexibility index (Phi) is 4.56. The molecule has 1 heterocycles. The second kappa shape index (κ2) is 6.11. The van der Waals surface area contributed by atoms with E-state index in [-0.39, 0.29) is 28.4 Å². The molecule has 0 radical (unpaired) electrons. The van der Waals surface area contributed by atoms with Gasteiger partial charge in [-0.3, -0.25) is 10.2 Å². The number of aromatic hydroxyl groups is 1. The maximum absolute atomic E-state index is 13.3. The first-order valence-corrected chi connectivity index (χ1v) is 7.10. The fourth-order valence-electron chi connectivity index (χ4n) is 2.21. The van der Waals surface area contributed by atoms with Crippen LogP contribution in [0.4, 0.5) is 13.2 Å². The zero-order valence-electron chi connectivity index (χ0n) is 12.4. The number of halogens is 3. The maximum Gasteiger partial charge on any atom is 0.442 e. The number of nitrogens with zero attached hydrogens (tertiary/aromatic N) is 1. The quantitative estimate of drug-likeness (QED) is 0.794. The van der Waals surface area contributed by atoms with Crippen molar-refractivity contribution in [1.82, 2.24) is 10.4 Å². The van der Waals surface area contributed by atoms with Crippen LogP contribution in [0.15, 0.2) is 36.0 Å². The molecule has 5 nitrogen and oxygen atoms in total. The van der Waals surface area contributed by atoms with Gasteiger partial charge in [0.1, 0.15) is 5.75 Å². The summed E-state index contributed by atoms with van der Waals surface area (Å²) in [7, 11) is 0. The molecule has 0 bridgehead atoms. The molecule has 1 aromatic rings. The number of amides is 1. The fourth-order valence-corrected chi connectivity index (χ4v) is 2.21. The Morgan fingerprint density at radius 3 is 2.43 bits per heavy atom. The zero-order chi connectivity index (χ0) is 17.3. The van der Waals surface area contributed by atoms with Gasteiger partial charge in [0.2, 0.25) is 0 Å². The number of aliphatic hydroxyl groups is 1. The van der Waals surface area contributed by atoms with Gasteiger partial charge in [-0.15, -0.1) is 0 Å². The van der Waals surface area contributed by atoms with Gasteiger partial charge >= 0.3 is 6.18 Å². The third-order valence-corrected chi connectivity index (χ3v) is 3.51. The van der Waals surface area contributed by atoms with Crippen molar-refractivity contribution in [3.8, 4) is 5.75 Å². The molecule has 0 fully saturated rings. The number of carbonyl (C=O) groups excluding carboxylic acids is 1. The van der Waals surface area contributed by atoms with Crippen LogP contribution in [0, 0.1) is 0 Å². The highest BCUT2D eigenvalue weighted by atomic mass is 19.4. The van der Waals surface area contributed by atoms with E-state index in [1.807, 2.05) is 6.92 Å². The third kappa shape index (κ3) is 3.26. The van der Waals surface area contributed by atoms with Crippen LogP contribution in [0.25, 0.3) is 0 Å². The molecule has 0 aromatic heterocycles. The Morgan fingerprint density at radius 1 is 1.30 bits per heavy atom. The summed E-state index contributed by atoms with van der Waals surface area (Å²) in [5, 5.41) is 19.4. The van der Waals surface area contributed by atoms with E-state index >= 15 is 0 Å². The molecule has 0 saturated carbocycles. The van der Waals surface area contributed by atoms with Gasteiger partial charge in [0, 0.05) is 11.3 Å². The average Bonchev–Trinajstić information content (AvgIpc) is 2.83. The Labute approximate surface area is 131 Å². The fraction of sp³-hybridized carbons (Fsp3) is 0.400. The van der Waals surface area contributed by atoms with E-state index in [0.717, 1.165) is 6.42 Å². The van der Waals surface area contributed by atoms with Crippen LogP contribution in [0.1, 0.15) is 36.5 Å². The lowest BCUT2D eigenvalue weighted by atomic mass is 10.1. The minimum atomic E-state index is -5.06. The first-order chi connectivity index (χ1) is 10.7. The molecular weight excluding hydrogens is 313 g/mol. The standard InChI is InChI=1S/C15H17F3N2O3/c1-2-3-4-11-9-14(23,15(16,17)18)20(19-11)13(22)10-5-7-12(21)8-6-10/h5-9,19,21,23H,2-4H2,1H3/t14-/m0/s1. The van der Waals surface area contributed by atoms with Crippen molar-refractivity contribution in [2.45, 2.75) is 38.1 Å². The molecule has 1 aromatic carbocycles. The SMILES string of the molecule is CCCCC1=C[C@](O)(C(F)(F)F)N(C(=O)c2ccc(O)cc2)N1. The molecule has 3 N–H and O–H groups in total. The highest BCUT2D eigenvalue weighted by Gasteiger charge is 2.61. The average molecular weight is 330 g/mol. The predicted octanol–water partition coefficient (Wildman–Crippen LogP) is 2.68. The van der Waals surface area contributed by atoms with E-state index in [1.54, 1.807) is 0 Å². The summed E-state index contributed by atoms with van der Waals surface area (Å²) in [5.41, 5.74) is -1.02. The summed E-state index contributed by atoms with van der Waals surface area (Å²) in [6.07, 6.45) is -2.76. The number of nitrogens with one attached hydrogen (secondary N) is 1. The monoisotopic (exact) mass is 330 g/mol. The van der Waals surface area contributed by atoms with E-state index in [9.17, 15) is 28.2 Å². The van der Waals surface area contributed by atoms with E-state index in [4.69, 9.17) is 0 Å². The number of hydrogen-bond donors (Lipinski definition) is 3. The number of rotatable bonds is 4. The van der Waals surface area contributed by atoms with Gasteiger partial charge in [-0.25, -0.2) is 5.01 Å². The molecule has 126 valence electrons. The van der Waals surface area contributed by atoms with Crippen molar-refractivity contribution < 1.29 is 28.2 Å². The van der Waals surface area contributed by atoms with Gasteiger partial charge in [-0.2, -0.15) is 13.2 Å². The number of hydrogen-bond acceptors (Lipinski definition) is 4. The van der Waals surface area contributed by atoms with Crippen LogP contribution in [-0.4, -0.2) is 33.0 Å². The van der Waals surface area contributed by atoms with Gasteiger partial charge in [-0.1, -0.05) is 13.3 Å². The minimum absolute atomic E-state index is 0.0943. The second-order valence-electron chi connectivity index (χ2n) is 5.30. The molecule has 0 saturated heterocycles. The van der Waals surface area contributed by atoms with Crippen molar-refractivity contribution in [2.75, 3.05) is 0 Å². The number of alkyl halides is 3. The summed E-state index contributed by atoms with van der Waals surface area (Å²) >= 11 is 0. The van der Waals surface area contributed by atoms with Gasteiger partial charge in [-0.05, 0) is 43.2 Å². The molecule has 1 atom stereocenters. The molecule has 23 heavy (non-hydrogen) atoms. The van der Waals surface area contributed by atoms with Crippen LogP contribution in [0.3, 0.4) is 0 Å². The van der Waals surface area contributed by atoms with Gasteiger partial charge in [0.05, 0.1) is 0 Å². The van der Waals surface area contributed by atoms with E-state index < -0.39 is 17.8 Å². The van der Waals surface area contributed by atoms with E-state index in [1.165, 1.54) is 24.3 Å². The Bertz CT molecular complexity index is 613. The van der Waals surface area contributed by atoms with Crippen molar-refractivity contribution in [1.29, 1.82) is 0 Å². The number of allylic oxidation sites excluding steroid dienone is 1. The second-order valence-corrected chi connectivity index (χ2v) is 5.30. The topological polar surface area (TPSA) is 72.8 Å². The lowest BCUT2D eigenvalue weighted by Crippen LogP contribution is -2.60. The van der Waals surface area contributed by atoms with Gasteiger partial charge in [0.25, 0.3) is 11.6 Å². The summed E-state index contributed by atoms with van der Waals surface area (Å²) in [4.78, 5) is 12.3. The van der Waals surface area contributed by atoms with Crippen molar-refractivity contribution >= 4 is 5.91 Å². The van der Waals surface area contributed by atoms with E-state index in [0.29, 0.717) is 12.5 Å². The number of benzene rings is 1. The highest BCUT2D eigenvalue weighted by Crippen LogP contribution is 2.39. The number of phenolic OH excluding ortho intramolecular Hbond substituents is 1. The highest BCUT2D eigenvalue weighted by molar-refractivity contribution is 5.95. The number of carbonyl (C=O) groups is 1. The van der Waals surface area contributed by atoms with Gasteiger partial charge in [0.15, 0.2) is 0 Å². The molecule has 1 aliphatic rings. The molecule has 0 aliphatic carbocycles. The van der Waals surface area contributed by atoms with Crippen LogP contribution < -0.4 is 5.43 Å². The lowest BCUT2D eigenvalue weighted by molar-refractivity contribution is -0.283. The van der Waals surface area contributed by atoms with Crippen molar-refractivity contribution in [3.05, 3.63) is 41.6 Å². The summed E-state index contributed by atoms with van der Waals surface area (Å²) in [5.74, 6) is -1.17. The van der Waals surface area contributed by atoms with Crippen molar-refractivity contribution in [3.63, 3.8) is 0 Å². The van der Waals surface area contributed by atoms with Crippen LogP contribution in [0.5, 0.6) is 5.75 Å².